The number of fused-ring (bicyclic) bond motifs is 3. The molecule has 0 aliphatic carbocycles. The van der Waals surface area contributed by atoms with Gasteiger partial charge in [-0.25, -0.2) is 0 Å². The highest BCUT2D eigenvalue weighted by molar-refractivity contribution is 7.96. The third kappa shape index (κ3) is 1.25. The highest BCUT2D eigenvalue weighted by Crippen LogP contribution is 2.26. The maximum absolute atomic E-state index is 10.9. The lowest BCUT2D eigenvalue weighted by atomic mass is 9.98. The second-order valence-corrected chi connectivity index (χ2v) is 3.50. The lowest BCUT2D eigenvalue weighted by Crippen LogP contribution is -2.55. The minimum atomic E-state index is -0.108. The van der Waals surface area contributed by atoms with E-state index in [1.54, 1.807) is 4.90 Å². The molecule has 3 rings (SSSR count). The minimum Gasteiger partial charge on any atom is -0.374 e. The molecule has 3 aliphatic heterocycles. The summed E-state index contributed by atoms with van der Waals surface area (Å²) < 4.78 is 5.43. The molecule has 2 unspecified atom stereocenters. The second-order valence-electron chi connectivity index (χ2n) is 3.12. The molecule has 0 saturated carbocycles. The van der Waals surface area contributed by atoms with Crippen LogP contribution in [-0.4, -0.2) is 35.4 Å². The molecule has 0 N–H and O–H groups in total. The molecule has 4 heteroatoms. The number of hydrogen-bond acceptors (Lipinski definition) is 2. The molecule has 0 radical (unpaired) electrons. The van der Waals surface area contributed by atoms with Crippen molar-refractivity contribution in [3.8, 4) is 0 Å². The van der Waals surface area contributed by atoms with Crippen molar-refractivity contribution in [1.82, 2.24) is 4.90 Å². The zero-order valence-corrected chi connectivity index (χ0v) is 7.09. The summed E-state index contributed by atoms with van der Waals surface area (Å²) in [5, 5.41) is -0.108. The van der Waals surface area contributed by atoms with Crippen LogP contribution in [0.1, 0.15) is 12.8 Å². The summed E-state index contributed by atoms with van der Waals surface area (Å²) in [4.78, 5) is 12.7. The van der Waals surface area contributed by atoms with Crippen molar-refractivity contribution in [3.63, 3.8) is 0 Å². The molecule has 0 aromatic rings. The van der Waals surface area contributed by atoms with Crippen molar-refractivity contribution in [2.75, 3.05) is 13.2 Å². The summed E-state index contributed by atoms with van der Waals surface area (Å²) in [6.45, 7) is 1.45. The molecule has 3 saturated heterocycles. The van der Waals surface area contributed by atoms with Crippen LogP contribution >= 0.6 is 12.6 Å². The number of piperidine rings is 1. The molecule has 62 valence electrons. The van der Waals surface area contributed by atoms with E-state index in [2.05, 4.69) is 12.6 Å². The predicted octanol–water partition coefficient (Wildman–Crippen LogP) is 0.899. The van der Waals surface area contributed by atoms with Gasteiger partial charge in [0.1, 0.15) is 0 Å². The molecule has 0 spiro atoms. The van der Waals surface area contributed by atoms with Crippen LogP contribution in [0.3, 0.4) is 0 Å². The average Bonchev–Trinajstić information content (AvgIpc) is 2.06. The summed E-state index contributed by atoms with van der Waals surface area (Å²) in [6.07, 6.45) is 2.45. The second kappa shape index (κ2) is 2.68. The van der Waals surface area contributed by atoms with Crippen molar-refractivity contribution >= 4 is 17.9 Å². The first-order chi connectivity index (χ1) is 5.27. The molecule has 3 heterocycles. The molecule has 0 aromatic heterocycles. The van der Waals surface area contributed by atoms with E-state index in [1.807, 2.05) is 0 Å². The Morgan fingerprint density at radius 1 is 1.55 bits per heavy atom. The van der Waals surface area contributed by atoms with Crippen LogP contribution in [-0.2, 0) is 4.74 Å². The molecule has 1 amide bonds. The summed E-state index contributed by atoms with van der Waals surface area (Å²) in [5.41, 5.74) is 0. The highest BCUT2D eigenvalue weighted by atomic mass is 32.1. The zero-order chi connectivity index (χ0) is 7.84. The van der Waals surface area contributed by atoms with Gasteiger partial charge in [0.15, 0.2) is 0 Å². The Morgan fingerprint density at radius 2 is 2.36 bits per heavy atom. The van der Waals surface area contributed by atoms with Gasteiger partial charge in [0.2, 0.25) is 0 Å². The first-order valence-electron chi connectivity index (χ1n) is 3.88. The van der Waals surface area contributed by atoms with Crippen molar-refractivity contribution < 1.29 is 9.53 Å². The quantitative estimate of drug-likeness (QED) is 0.551. The Morgan fingerprint density at radius 3 is 2.64 bits per heavy atom. The van der Waals surface area contributed by atoms with Gasteiger partial charge in [-0.1, -0.05) is 12.6 Å². The standard InChI is InChI=1S/C7H11NO2S/c9-7(11)8-3-6-2-1-5(8)4-10-6/h5-6H,1-4H2,(H,9,11). The molecule has 2 bridgehead atoms. The van der Waals surface area contributed by atoms with E-state index in [0.29, 0.717) is 12.6 Å². The number of carbonyl (C=O) groups is 1. The topological polar surface area (TPSA) is 29.5 Å². The van der Waals surface area contributed by atoms with E-state index in [9.17, 15) is 4.79 Å². The molecule has 0 aromatic carbocycles. The lowest BCUT2D eigenvalue weighted by Gasteiger charge is -2.44. The number of ether oxygens (including phenoxy) is 1. The zero-order valence-electron chi connectivity index (χ0n) is 6.19. The fourth-order valence-electron chi connectivity index (χ4n) is 1.78. The number of rotatable bonds is 0. The van der Waals surface area contributed by atoms with E-state index in [-0.39, 0.29) is 11.3 Å². The Balaban J connectivity index is 2.08. The summed E-state index contributed by atoms with van der Waals surface area (Å²) in [6, 6.07) is 0.296. The predicted molar refractivity (Wildman–Crippen MR) is 43.9 cm³/mol. The fraction of sp³-hybridized carbons (Fsp3) is 0.857. The molecule has 3 nitrogen and oxygen atoms in total. The van der Waals surface area contributed by atoms with Crippen LogP contribution in [0.25, 0.3) is 0 Å². The van der Waals surface area contributed by atoms with E-state index in [0.717, 1.165) is 19.4 Å². The van der Waals surface area contributed by atoms with Crippen LogP contribution in [0.15, 0.2) is 0 Å². The Bertz CT molecular complexity index is 177. The van der Waals surface area contributed by atoms with Gasteiger partial charge in [-0.2, -0.15) is 0 Å². The van der Waals surface area contributed by atoms with Crippen LogP contribution < -0.4 is 0 Å². The first kappa shape index (κ1) is 7.43. The smallest absolute Gasteiger partial charge is 0.278 e. The van der Waals surface area contributed by atoms with Crippen molar-refractivity contribution in [1.29, 1.82) is 0 Å². The van der Waals surface area contributed by atoms with Gasteiger partial charge in [0.25, 0.3) is 5.24 Å². The largest absolute Gasteiger partial charge is 0.374 e. The van der Waals surface area contributed by atoms with Crippen LogP contribution in [0.2, 0.25) is 0 Å². The minimum absolute atomic E-state index is 0.108. The number of carbonyl (C=O) groups excluding carboxylic acids is 1. The number of thiol groups is 1. The molecule has 2 atom stereocenters. The number of hydrogen-bond donors (Lipinski definition) is 1. The molecule has 3 fully saturated rings. The van der Waals surface area contributed by atoms with Gasteiger partial charge in [-0.05, 0) is 12.8 Å². The monoisotopic (exact) mass is 173 g/mol. The normalized spacial score (nSPS) is 35.9. The first-order valence-corrected chi connectivity index (χ1v) is 4.33. The van der Waals surface area contributed by atoms with Crippen LogP contribution in [0.4, 0.5) is 4.79 Å². The third-order valence-corrected chi connectivity index (χ3v) is 2.69. The number of nitrogens with zero attached hydrogens (tertiary/aromatic N) is 1. The van der Waals surface area contributed by atoms with Gasteiger partial charge in [0, 0.05) is 6.54 Å². The van der Waals surface area contributed by atoms with Crippen molar-refractivity contribution in [2.45, 2.75) is 25.0 Å². The van der Waals surface area contributed by atoms with Gasteiger partial charge in [0.05, 0.1) is 18.8 Å². The maximum Gasteiger partial charge on any atom is 0.278 e. The summed E-state index contributed by atoms with van der Waals surface area (Å²) >= 11 is 3.81. The SMILES string of the molecule is O=C(S)N1CC2CCC1CO2. The molecular formula is C7H11NO2S. The van der Waals surface area contributed by atoms with Gasteiger partial charge in [-0.3, -0.25) is 4.79 Å². The Kier molecular flexibility index (Phi) is 1.81. The third-order valence-electron chi connectivity index (χ3n) is 2.43. The van der Waals surface area contributed by atoms with E-state index in [1.165, 1.54) is 0 Å². The van der Waals surface area contributed by atoms with Gasteiger partial charge < -0.3 is 9.64 Å². The number of amides is 1. The summed E-state index contributed by atoms with van der Waals surface area (Å²) in [7, 11) is 0. The fourth-order valence-corrected chi connectivity index (χ4v) is 2.03. The molecule has 11 heavy (non-hydrogen) atoms. The summed E-state index contributed by atoms with van der Waals surface area (Å²) in [5.74, 6) is 0. The van der Waals surface area contributed by atoms with E-state index >= 15 is 0 Å². The van der Waals surface area contributed by atoms with E-state index < -0.39 is 0 Å². The van der Waals surface area contributed by atoms with Crippen molar-refractivity contribution in [3.05, 3.63) is 0 Å². The Hall–Kier alpha value is -0.220. The highest BCUT2D eigenvalue weighted by Gasteiger charge is 2.35. The van der Waals surface area contributed by atoms with Gasteiger partial charge >= 0.3 is 0 Å². The van der Waals surface area contributed by atoms with Gasteiger partial charge in [-0.15, -0.1) is 0 Å². The molecular weight excluding hydrogens is 162 g/mol. The average molecular weight is 173 g/mol. The van der Waals surface area contributed by atoms with Crippen molar-refractivity contribution in [2.24, 2.45) is 0 Å². The Labute approximate surface area is 71.1 Å². The molecule has 3 aliphatic rings. The van der Waals surface area contributed by atoms with Crippen LogP contribution in [0, 0.1) is 0 Å². The van der Waals surface area contributed by atoms with E-state index in [4.69, 9.17) is 4.74 Å². The maximum atomic E-state index is 10.9. The van der Waals surface area contributed by atoms with Crippen LogP contribution in [0.5, 0.6) is 0 Å². The number of morpholine rings is 1. The lowest BCUT2D eigenvalue weighted by molar-refractivity contribution is -0.0846.